The largest absolute Gasteiger partial charge is 0.495 e. The molecule has 2 atom stereocenters. The normalized spacial score (nSPS) is 20.4. The lowest BCUT2D eigenvalue weighted by Gasteiger charge is -2.21. The lowest BCUT2D eigenvalue weighted by molar-refractivity contribution is 0.0994. The molecule has 2 heterocycles. The number of hydrogen-bond donors (Lipinski definition) is 1. The van der Waals surface area contributed by atoms with Gasteiger partial charge in [0, 0.05) is 12.8 Å². The van der Waals surface area contributed by atoms with E-state index in [-0.39, 0.29) is 6.04 Å². The van der Waals surface area contributed by atoms with Crippen LogP contribution >= 0.6 is 0 Å². The van der Waals surface area contributed by atoms with E-state index in [1.807, 2.05) is 18.3 Å². The van der Waals surface area contributed by atoms with E-state index in [1.54, 1.807) is 7.11 Å². The second-order valence-corrected chi connectivity index (χ2v) is 4.91. The van der Waals surface area contributed by atoms with E-state index in [0.29, 0.717) is 6.10 Å². The lowest BCUT2D eigenvalue weighted by Crippen LogP contribution is -2.24. The van der Waals surface area contributed by atoms with E-state index in [2.05, 4.69) is 17.2 Å². The standard InChI is InChI=1S/C15H24N2O2/c1-3-16-13(9-8-12-6-5-11-19-12)15-14(18-2)7-4-10-17-15/h4,7,10,12-13,16H,3,5-6,8-9,11H2,1-2H3. The van der Waals surface area contributed by atoms with Gasteiger partial charge in [0.05, 0.1) is 24.9 Å². The maximum Gasteiger partial charge on any atom is 0.141 e. The van der Waals surface area contributed by atoms with Gasteiger partial charge in [0.25, 0.3) is 0 Å². The third-order valence-corrected chi connectivity index (χ3v) is 3.60. The molecular formula is C15H24N2O2. The van der Waals surface area contributed by atoms with Gasteiger partial charge >= 0.3 is 0 Å². The van der Waals surface area contributed by atoms with E-state index >= 15 is 0 Å². The molecule has 4 heteroatoms. The molecule has 106 valence electrons. The highest BCUT2D eigenvalue weighted by Gasteiger charge is 2.21. The molecule has 4 nitrogen and oxygen atoms in total. The van der Waals surface area contributed by atoms with Crippen LogP contribution in [0.2, 0.25) is 0 Å². The predicted molar refractivity (Wildman–Crippen MR) is 75.4 cm³/mol. The summed E-state index contributed by atoms with van der Waals surface area (Å²) in [4.78, 5) is 4.49. The zero-order chi connectivity index (χ0) is 13.5. The fourth-order valence-electron chi connectivity index (χ4n) is 2.64. The molecular weight excluding hydrogens is 240 g/mol. The first-order chi connectivity index (χ1) is 9.35. The lowest BCUT2D eigenvalue weighted by atomic mass is 10.0. The molecule has 0 radical (unpaired) electrons. The second-order valence-electron chi connectivity index (χ2n) is 4.91. The molecule has 1 aromatic heterocycles. The molecule has 1 saturated heterocycles. The van der Waals surface area contributed by atoms with Gasteiger partial charge in [-0.05, 0) is 44.4 Å². The smallest absolute Gasteiger partial charge is 0.141 e. The van der Waals surface area contributed by atoms with Crippen LogP contribution in [0.1, 0.15) is 44.3 Å². The quantitative estimate of drug-likeness (QED) is 0.822. The molecule has 1 aromatic rings. The van der Waals surface area contributed by atoms with Crippen LogP contribution in [0.4, 0.5) is 0 Å². The molecule has 1 N–H and O–H groups in total. The van der Waals surface area contributed by atoms with Gasteiger partial charge in [-0.3, -0.25) is 4.98 Å². The van der Waals surface area contributed by atoms with Crippen molar-refractivity contribution in [1.29, 1.82) is 0 Å². The minimum Gasteiger partial charge on any atom is -0.495 e. The van der Waals surface area contributed by atoms with Crippen molar-refractivity contribution < 1.29 is 9.47 Å². The third-order valence-electron chi connectivity index (χ3n) is 3.60. The van der Waals surface area contributed by atoms with E-state index in [1.165, 1.54) is 12.8 Å². The number of nitrogens with zero attached hydrogens (tertiary/aromatic N) is 1. The Bertz CT molecular complexity index is 378. The fourth-order valence-corrected chi connectivity index (χ4v) is 2.64. The molecule has 1 aliphatic rings. The number of aromatic nitrogens is 1. The Morgan fingerprint density at radius 3 is 3.16 bits per heavy atom. The Morgan fingerprint density at radius 1 is 1.58 bits per heavy atom. The highest BCUT2D eigenvalue weighted by Crippen LogP contribution is 2.28. The van der Waals surface area contributed by atoms with E-state index in [0.717, 1.165) is 37.4 Å². The van der Waals surface area contributed by atoms with Crippen molar-refractivity contribution in [2.45, 2.75) is 44.8 Å². The Kier molecular flexibility index (Phi) is 5.61. The van der Waals surface area contributed by atoms with Gasteiger partial charge in [-0.25, -0.2) is 0 Å². The molecule has 2 rings (SSSR count). The number of nitrogens with one attached hydrogen (secondary N) is 1. The summed E-state index contributed by atoms with van der Waals surface area (Å²) in [5.74, 6) is 0.862. The van der Waals surface area contributed by atoms with Crippen LogP contribution in [0.5, 0.6) is 5.75 Å². The molecule has 19 heavy (non-hydrogen) atoms. The average Bonchev–Trinajstić information content (AvgIpc) is 2.96. The zero-order valence-corrected chi connectivity index (χ0v) is 11.9. The summed E-state index contributed by atoms with van der Waals surface area (Å²) < 4.78 is 11.1. The van der Waals surface area contributed by atoms with Crippen molar-refractivity contribution in [3.8, 4) is 5.75 Å². The van der Waals surface area contributed by atoms with Crippen molar-refractivity contribution in [3.63, 3.8) is 0 Å². The van der Waals surface area contributed by atoms with Gasteiger partial charge < -0.3 is 14.8 Å². The summed E-state index contributed by atoms with van der Waals surface area (Å²) in [6.45, 7) is 3.97. The van der Waals surface area contributed by atoms with Gasteiger partial charge in [-0.2, -0.15) is 0 Å². The van der Waals surface area contributed by atoms with Crippen LogP contribution < -0.4 is 10.1 Å². The van der Waals surface area contributed by atoms with Crippen LogP contribution in [0.15, 0.2) is 18.3 Å². The second kappa shape index (κ2) is 7.46. The molecule has 0 amide bonds. The molecule has 1 aliphatic heterocycles. The van der Waals surface area contributed by atoms with Crippen molar-refractivity contribution >= 4 is 0 Å². The van der Waals surface area contributed by atoms with Gasteiger partial charge in [-0.15, -0.1) is 0 Å². The summed E-state index contributed by atoms with van der Waals surface area (Å²) in [5.41, 5.74) is 1.00. The number of rotatable bonds is 7. The van der Waals surface area contributed by atoms with Crippen molar-refractivity contribution in [1.82, 2.24) is 10.3 Å². The highest BCUT2D eigenvalue weighted by atomic mass is 16.5. The molecule has 2 unspecified atom stereocenters. The number of ether oxygens (including phenoxy) is 2. The van der Waals surface area contributed by atoms with Crippen LogP contribution in [-0.4, -0.2) is 31.3 Å². The third kappa shape index (κ3) is 3.91. The molecule has 0 spiro atoms. The summed E-state index contributed by atoms with van der Waals surface area (Å²) in [6.07, 6.45) is 6.76. The number of hydrogen-bond acceptors (Lipinski definition) is 4. The van der Waals surface area contributed by atoms with Crippen molar-refractivity contribution in [2.24, 2.45) is 0 Å². The monoisotopic (exact) mass is 264 g/mol. The number of methoxy groups -OCH3 is 1. The summed E-state index contributed by atoms with van der Waals surface area (Å²) in [5, 5.41) is 3.50. The first-order valence-corrected chi connectivity index (χ1v) is 7.19. The Hall–Kier alpha value is -1.13. The zero-order valence-electron chi connectivity index (χ0n) is 11.9. The van der Waals surface area contributed by atoms with Crippen LogP contribution in [0, 0.1) is 0 Å². The molecule has 0 aromatic carbocycles. The Balaban J connectivity index is 2.01. The van der Waals surface area contributed by atoms with Crippen LogP contribution in [0.25, 0.3) is 0 Å². The molecule has 1 fully saturated rings. The number of pyridine rings is 1. The van der Waals surface area contributed by atoms with Crippen molar-refractivity contribution in [3.05, 3.63) is 24.0 Å². The van der Waals surface area contributed by atoms with E-state index in [4.69, 9.17) is 9.47 Å². The summed E-state index contributed by atoms with van der Waals surface area (Å²) in [7, 11) is 1.70. The van der Waals surface area contributed by atoms with Gasteiger partial charge in [0.2, 0.25) is 0 Å². The Labute approximate surface area is 115 Å². The molecule has 0 bridgehead atoms. The van der Waals surface area contributed by atoms with Crippen LogP contribution in [0.3, 0.4) is 0 Å². The van der Waals surface area contributed by atoms with E-state index < -0.39 is 0 Å². The minimum atomic E-state index is 0.241. The summed E-state index contributed by atoms with van der Waals surface area (Å²) >= 11 is 0. The fraction of sp³-hybridized carbons (Fsp3) is 0.667. The first-order valence-electron chi connectivity index (χ1n) is 7.19. The first kappa shape index (κ1) is 14.3. The average molecular weight is 264 g/mol. The molecule has 0 saturated carbocycles. The Morgan fingerprint density at radius 2 is 2.47 bits per heavy atom. The summed E-state index contributed by atoms with van der Waals surface area (Å²) in [6, 6.07) is 4.12. The van der Waals surface area contributed by atoms with Crippen LogP contribution in [-0.2, 0) is 4.74 Å². The van der Waals surface area contributed by atoms with Crippen molar-refractivity contribution in [2.75, 3.05) is 20.3 Å². The maximum absolute atomic E-state index is 5.69. The van der Waals surface area contributed by atoms with Gasteiger partial charge in [0.15, 0.2) is 0 Å². The minimum absolute atomic E-state index is 0.241. The van der Waals surface area contributed by atoms with Gasteiger partial charge in [-0.1, -0.05) is 6.92 Å². The SMILES string of the molecule is CCNC(CCC1CCCO1)c1ncccc1OC. The van der Waals surface area contributed by atoms with Gasteiger partial charge in [0.1, 0.15) is 5.75 Å². The highest BCUT2D eigenvalue weighted by molar-refractivity contribution is 5.29. The maximum atomic E-state index is 5.69. The topological polar surface area (TPSA) is 43.4 Å². The molecule has 0 aliphatic carbocycles. The van der Waals surface area contributed by atoms with E-state index in [9.17, 15) is 0 Å². The predicted octanol–water partition coefficient (Wildman–Crippen LogP) is 2.70.